The lowest BCUT2D eigenvalue weighted by molar-refractivity contribution is 0.241. The zero-order valence-corrected chi connectivity index (χ0v) is 20.4. The summed E-state index contributed by atoms with van der Waals surface area (Å²) in [6.45, 7) is 3.00. The van der Waals surface area contributed by atoms with Gasteiger partial charge in [0.2, 0.25) is 0 Å². The Morgan fingerprint density at radius 2 is 1.49 bits per heavy atom. The summed E-state index contributed by atoms with van der Waals surface area (Å²) in [5, 5.41) is 0. The van der Waals surface area contributed by atoms with Crippen molar-refractivity contribution in [2.24, 2.45) is 0 Å². The Morgan fingerprint density at radius 3 is 2.20 bits per heavy atom. The van der Waals surface area contributed by atoms with E-state index in [1.165, 1.54) is 0 Å². The smallest absolute Gasteiger partial charge is 0.161 e. The maximum absolute atomic E-state index is 6.64. The lowest BCUT2D eigenvalue weighted by Gasteiger charge is -2.32. The monoisotopic (exact) mass is 467 g/mol. The second kappa shape index (κ2) is 9.63. The van der Waals surface area contributed by atoms with Gasteiger partial charge in [0, 0.05) is 29.0 Å². The predicted octanol–water partition coefficient (Wildman–Crippen LogP) is 7.02. The highest BCUT2D eigenvalue weighted by atomic mass is 16.5. The van der Waals surface area contributed by atoms with E-state index in [9.17, 15) is 0 Å². The standard InChI is InChI=1S/C30H29NO4/c1-5-31(21-10-7-6-8-11-21)22-15-16-23-24(19-22)30(20-14-17-25(32-2)28(18-20)34-4)35-27-13-9-12-26(33-3)29(23)27/h6-19,30H,5H2,1-4H3. The highest BCUT2D eigenvalue weighted by molar-refractivity contribution is 5.83. The minimum absolute atomic E-state index is 0.321. The summed E-state index contributed by atoms with van der Waals surface area (Å²) in [5.41, 5.74) is 6.36. The first-order valence-electron chi connectivity index (χ1n) is 11.7. The van der Waals surface area contributed by atoms with E-state index in [2.05, 4.69) is 54.3 Å². The van der Waals surface area contributed by atoms with Crippen LogP contribution in [0.15, 0.2) is 84.9 Å². The van der Waals surface area contributed by atoms with Crippen molar-refractivity contribution in [2.45, 2.75) is 13.0 Å². The maximum Gasteiger partial charge on any atom is 0.161 e. The van der Waals surface area contributed by atoms with E-state index in [-0.39, 0.29) is 6.10 Å². The number of para-hydroxylation sites is 1. The fourth-order valence-corrected chi connectivity index (χ4v) is 4.78. The molecule has 0 spiro atoms. The summed E-state index contributed by atoms with van der Waals surface area (Å²) in [6, 6.07) is 28.8. The number of ether oxygens (including phenoxy) is 4. The number of rotatable bonds is 7. The predicted molar refractivity (Wildman–Crippen MR) is 140 cm³/mol. The normalized spacial score (nSPS) is 13.8. The summed E-state index contributed by atoms with van der Waals surface area (Å²) >= 11 is 0. The number of fused-ring (bicyclic) bond motifs is 3. The van der Waals surface area contributed by atoms with Crippen LogP contribution in [0.3, 0.4) is 0 Å². The number of benzene rings is 4. The van der Waals surface area contributed by atoms with Crippen molar-refractivity contribution in [3.8, 4) is 34.1 Å². The third-order valence-corrected chi connectivity index (χ3v) is 6.45. The molecular formula is C30H29NO4. The lowest BCUT2D eigenvalue weighted by Crippen LogP contribution is -2.19. The molecule has 4 aromatic rings. The molecule has 0 N–H and O–H groups in total. The van der Waals surface area contributed by atoms with Gasteiger partial charge in [-0.15, -0.1) is 0 Å². The maximum atomic E-state index is 6.64. The first-order chi connectivity index (χ1) is 17.2. The van der Waals surface area contributed by atoms with Gasteiger partial charge in [0.15, 0.2) is 11.5 Å². The van der Waals surface area contributed by atoms with E-state index in [4.69, 9.17) is 18.9 Å². The molecule has 4 aromatic carbocycles. The SMILES string of the molecule is CCN(c1ccccc1)c1ccc2c(c1)C(c1ccc(OC)c(OC)c1)Oc1cccc(OC)c1-2. The van der Waals surface area contributed by atoms with Crippen molar-refractivity contribution >= 4 is 11.4 Å². The summed E-state index contributed by atoms with van der Waals surface area (Å²) in [5.74, 6) is 2.93. The molecule has 1 heterocycles. The molecule has 1 aliphatic rings. The molecule has 178 valence electrons. The van der Waals surface area contributed by atoms with E-state index < -0.39 is 0 Å². The van der Waals surface area contributed by atoms with Crippen LogP contribution in [0.2, 0.25) is 0 Å². The van der Waals surface area contributed by atoms with Gasteiger partial charge in [-0.3, -0.25) is 0 Å². The van der Waals surface area contributed by atoms with Crippen LogP contribution in [0.4, 0.5) is 11.4 Å². The van der Waals surface area contributed by atoms with Gasteiger partial charge in [-0.05, 0) is 61.0 Å². The van der Waals surface area contributed by atoms with Crippen molar-refractivity contribution in [3.05, 3.63) is 96.1 Å². The lowest BCUT2D eigenvalue weighted by atomic mass is 9.88. The zero-order chi connectivity index (χ0) is 24.4. The van der Waals surface area contributed by atoms with E-state index in [0.29, 0.717) is 11.5 Å². The summed E-state index contributed by atoms with van der Waals surface area (Å²) in [7, 11) is 4.98. The van der Waals surface area contributed by atoms with Crippen LogP contribution in [0, 0.1) is 0 Å². The van der Waals surface area contributed by atoms with Crippen molar-refractivity contribution < 1.29 is 18.9 Å². The molecule has 0 radical (unpaired) electrons. The fourth-order valence-electron chi connectivity index (χ4n) is 4.78. The molecule has 0 saturated carbocycles. The molecule has 1 aliphatic heterocycles. The van der Waals surface area contributed by atoms with Gasteiger partial charge in [0.1, 0.15) is 17.6 Å². The fraction of sp³-hybridized carbons (Fsp3) is 0.200. The molecule has 1 atom stereocenters. The Hall–Kier alpha value is -4.12. The molecule has 5 rings (SSSR count). The van der Waals surface area contributed by atoms with Crippen molar-refractivity contribution in [3.63, 3.8) is 0 Å². The second-order valence-corrected chi connectivity index (χ2v) is 8.30. The van der Waals surface area contributed by atoms with Crippen LogP contribution < -0.4 is 23.8 Å². The molecule has 0 amide bonds. The first-order valence-corrected chi connectivity index (χ1v) is 11.7. The molecule has 1 unspecified atom stereocenters. The van der Waals surface area contributed by atoms with Crippen LogP contribution in [0.1, 0.15) is 24.2 Å². The first kappa shape index (κ1) is 22.7. The number of anilines is 2. The topological polar surface area (TPSA) is 40.2 Å². The van der Waals surface area contributed by atoms with Crippen LogP contribution >= 0.6 is 0 Å². The Bertz CT molecular complexity index is 1340. The number of nitrogens with zero attached hydrogens (tertiary/aromatic N) is 1. The molecule has 5 nitrogen and oxygen atoms in total. The van der Waals surface area contributed by atoms with Crippen LogP contribution in [0.25, 0.3) is 11.1 Å². The number of hydrogen-bond donors (Lipinski definition) is 0. The molecule has 0 saturated heterocycles. The minimum Gasteiger partial charge on any atom is -0.496 e. The summed E-state index contributed by atoms with van der Waals surface area (Å²) in [4.78, 5) is 2.30. The largest absolute Gasteiger partial charge is 0.496 e. The van der Waals surface area contributed by atoms with Gasteiger partial charge in [-0.25, -0.2) is 0 Å². The zero-order valence-electron chi connectivity index (χ0n) is 20.4. The highest BCUT2D eigenvalue weighted by Crippen LogP contribution is 2.50. The molecule has 35 heavy (non-hydrogen) atoms. The van der Waals surface area contributed by atoms with E-state index in [0.717, 1.165) is 51.7 Å². The highest BCUT2D eigenvalue weighted by Gasteiger charge is 2.31. The Morgan fingerprint density at radius 1 is 0.714 bits per heavy atom. The van der Waals surface area contributed by atoms with Gasteiger partial charge < -0.3 is 23.8 Å². The second-order valence-electron chi connectivity index (χ2n) is 8.30. The molecule has 0 fully saturated rings. The third kappa shape index (κ3) is 4.03. The Balaban J connectivity index is 1.69. The van der Waals surface area contributed by atoms with Crippen molar-refractivity contribution in [2.75, 3.05) is 32.8 Å². The van der Waals surface area contributed by atoms with E-state index in [1.54, 1.807) is 21.3 Å². The summed E-state index contributed by atoms with van der Waals surface area (Å²) in [6.07, 6.45) is -0.321. The molecule has 0 bridgehead atoms. The minimum atomic E-state index is -0.321. The quantitative estimate of drug-likeness (QED) is 0.292. The molecule has 5 heteroatoms. The van der Waals surface area contributed by atoms with E-state index >= 15 is 0 Å². The van der Waals surface area contributed by atoms with Gasteiger partial charge in [-0.1, -0.05) is 36.4 Å². The summed E-state index contributed by atoms with van der Waals surface area (Å²) < 4.78 is 23.4. The van der Waals surface area contributed by atoms with Crippen LogP contribution in [-0.4, -0.2) is 27.9 Å². The van der Waals surface area contributed by atoms with Crippen LogP contribution in [-0.2, 0) is 0 Å². The third-order valence-electron chi connectivity index (χ3n) is 6.45. The molecule has 0 aromatic heterocycles. The van der Waals surface area contributed by atoms with Gasteiger partial charge in [0.25, 0.3) is 0 Å². The molecular weight excluding hydrogens is 438 g/mol. The van der Waals surface area contributed by atoms with Crippen molar-refractivity contribution in [1.29, 1.82) is 0 Å². The van der Waals surface area contributed by atoms with Crippen LogP contribution in [0.5, 0.6) is 23.0 Å². The van der Waals surface area contributed by atoms with Crippen molar-refractivity contribution in [1.82, 2.24) is 0 Å². The van der Waals surface area contributed by atoms with Gasteiger partial charge >= 0.3 is 0 Å². The number of methoxy groups -OCH3 is 3. The molecule has 0 aliphatic carbocycles. The number of hydrogen-bond acceptors (Lipinski definition) is 5. The Kier molecular flexibility index (Phi) is 6.23. The average Bonchev–Trinajstić information content (AvgIpc) is 2.92. The average molecular weight is 468 g/mol. The Labute approximate surface area is 206 Å². The van der Waals surface area contributed by atoms with E-state index in [1.807, 2.05) is 42.5 Å². The van der Waals surface area contributed by atoms with Gasteiger partial charge in [-0.2, -0.15) is 0 Å². The van der Waals surface area contributed by atoms with Gasteiger partial charge in [0.05, 0.1) is 26.9 Å².